The fraction of sp³-hybridized carbons (Fsp3) is 0.500. The molecule has 0 heterocycles. The Bertz CT molecular complexity index is 414. The third-order valence-corrected chi connectivity index (χ3v) is 4.96. The van der Waals surface area contributed by atoms with E-state index in [1.54, 1.807) is 31.2 Å². The van der Waals surface area contributed by atoms with Gasteiger partial charge in [-0.15, -0.1) is 0 Å². The monoisotopic (exact) mass is 241 g/mol. The summed E-state index contributed by atoms with van der Waals surface area (Å²) in [5.41, 5.74) is 0. The summed E-state index contributed by atoms with van der Waals surface area (Å²) in [4.78, 5) is 0.408. The van der Waals surface area contributed by atoms with E-state index in [9.17, 15) is 8.42 Å². The Kier molecular flexibility index (Phi) is 4.50. The van der Waals surface area contributed by atoms with Crippen molar-refractivity contribution in [2.75, 3.05) is 7.05 Å². The molecule has 16 heavy (non-hydrogen) atoms. The summed E-state index contributed by atoms with van der Waals surface area (Å²) in [5.74, 6) is 0. The van der Waals surface area contributed by atoms with E-state index in [0.29, 0.717) is 11.3 Å². The molecule has 0 aliphatic carbocycles. The molecule has 3 nitrogen and oxygen atoms in total. The zero-order chi connectivity index (χ0) is 12.2. The van der Waals surface area contributed by atoms with E-state index in [-0.39, 0.29) is 11.3 Å². The molecule has 1 aromatic rings. The van der Waals surface area contributed by atoms with Crippen LogP contribution in [-0.2, 0) is 9.84 Å². The van der Waals surface area contributed by atoms with E-state index in [4.69, 9.17) is 0 Å². The van der Waals surface area contributed by atoms with Crippen molar-refractivity contribution in [2.24, 2.45) is 0 Å². The maximum Gasteiger partial charge on any atom is 0.181 e. The molecule has 0 spiro atoms. The number of nitrogens with one attached hydrogen (secondary N) is 1. The molecule has 0 bridgehead atoms. The minimum atomic E-state index is -3.18. The van der Waals surface area contributed by atoms with E-state index in [1.165, 1.54) is 0 Å². The summed E-state index contributed by atoms with van der Waals surface area (Å²) < 4.78 is 24.3. The minimum absolute atomic E-state index is 0.202. The quantitative estimate of drug-likeness (QED) is 0.855. The molecule has 90 valence electrons. The molecule has 0 radical (unpaired) electrons. The van der Waals surface area contributed by atoms with Crippen LogP contribution in [0.2, 0.25) is 0 Å². The largest absolute Gasteiger partial charge is 0.317 e. The molecule has 4 heteroatoms. The van der Waals surface area contributed by atoms with Crippen LogP contribution in [0.15, 0.2) is 35.2 Å². The van der Waals surface area contributed by atoms with Gasteiger partial charge in [0.1, 0.15) is 0 Å². The smallest absolute Gasteiger partial charge is 0.181 e. The van der Waals surface area contributed by atoms with Gasteiger partial charge in [-0.3, -0.25) is 0 Å². The molecule has 0 saturated heterocycles. The van der Waals surface area contributed by atoms with Crippen molar-refractivity contribution in [3.8, 4) is 0 Å². The minimum Gasteiger partial charge on any atom is -0.317 e. The first-order valence-electron chi connectivity index (χ1n) is 5.44. The summed E-state index contributed by atoms with van der Waals surface area (Å²) in [7, 11) is -1.34. The number of benzene rings is 1. The van der Waals surface area contributed by atoms with Gasteiger partial charge in [0.05, 0.1) is 10.1 Å². The number of hydrogen-bond donors (Lipinski definition) is 1. The molecule has 2 atom stereocenters. The van der Waals surface area contributed by atoms with Crippen molar-refractivity contribution < 1.29 is 8.42 Å². The SMILES string of the molecule is CNC(C)CC(C)S(=O)(=O)c1ccccc1. The Hall–Kier alpha value is -0.870. The van der Waals surface area contributed by atoms with Crippen molar-refractivity contribution in [3.63, 3.8) is 0 Å². The lowest BCUT2D eigenvalue weighted by molar-refractivity contribution is 0.530. The van der Waals surface area contributed by atoms with Crippen molar-refractivity contribution in [3.05, 3.63) is 30.3 Å². The fourth-order valence-corrected chi connectivity index (χ4v) is 3.13. The average molecular weight is 241 g/mol. The van der Waals surface area contributed by atoms with Gasteiger partial charge in [-0.05, 0) is 39.4 Å². The van der Waals surface area contributed by atoms with Gasteiger partial charge in [-0.25, -0.2) is 8.42 Å². The zero-order valence-electron chi connectivity index (χ0n) is 9.97. The van der Waals surface area contributed by atoms with E-state index >= 15 is 0 Å². The topological polar surface area (TPSA) is 46.2 Å². The molecule has 0 aliphatic heterocycles. The molecular formula is C12H19NO2S. The van der Waals surface area contributed by atoms with Crippen LogP contribution in [0.5, 0.6) is 0 Å². The summed E-state index contributed by atoms with van der Waals surface area (Å²) in [5, 5.41) is 2.69. The van der Waals surface area contributed by atoms with Crippen LogP contribution >= 0.6 is 0 Å². The zero-order valence-corrected chi connectivity index (χ0v) is 10.8. The molecule has 0 fully saturated rings. The lowest BCUT2D eigenvalue weighted by atomic mass is 10.2. The van der Waals surface area contributed by atoms with Crippen molar-refractivity contribution in [1.29, 1.82) is 0 Å². The average Bonchev–Trinajstić information content (AvgIpc) is 2.29. The van der Waals surface area contributed by atoms with Crippen molar-refractivity contribution >= 4 is 9.84 Å². The highest BCUT2D eigenvalue weighted by Gasteiger charge is 2.24. The maximum atomic E-state index is 12.2. The van der Waals surface area contributed by atoms with E-state index in [0.717, 1.165) is 0 Å². The van der Waals surface area contributed by atoms with Gasteiger partial charge in [-0.2, -0.15) is 0 Å². The maximum absolute atomic E-state index is 12.2. The molecular weight excluding hydrogens is 222 g/mol. The van der Waals surface area contributed by atoms with Gasteiger partial charge < -0.3 is 5.32 Å². The number of rotatable bonds is 5. The third kappa shape index (κ3) is 3.06. The molecule has 1 rings (SSSR count). The Morgan fingerprint density at radius 3 is 2.25 bits per heavy atom. The summed E-state index contributed by atoms with van der Waals surface area (Å²) in [6.07, 6.45) is 0.619. The van der Waals surface area contributed by atoms with Gasteiger partial charge in [0.25, 0.3) is 0 Å². The highest BCUT2D eigenvalue weighted by atomic mass is 32.2. The van der Waals surface area contributed by atoms with Crippen LogP contribution in [0.3, 0.4) is 0 Å². The van der Waals surface area contributed by atoms with Gasteiger partial charge in [0.2, 0.25) is 0 Å². The first-order valence-corrected chi connectivity index (χ1v) is 6.99. The summed E-state index contributed by atoms with van der Waals surface area (Å²) in [6, 6.07) is 8.82. The summed E-state index contributed by atoms with van der Waals surface area (Å²) in [6.45, 7) is 3.74. The molecule has 0 saturated carbocycles. The molecule has 0 aromatic heterocycles. The second-order valence-electron chi connectivity index (χ2n) is 4.09. The lowest BCUT2D eigenvalue weighted by Gasteiger charge is -2.17. The van der Waals surface area contributed by atoms with Crippen LogP contribution in [0.1, 0.15) is 20.3 Å². The predicted molar refractivity (Wildman–Crippen MR) is 66.2 cm³/mol. The van der Waals surface area contributed by atoms with Crippen molar-refractivity contribution in [2.45, 2.75) is 36.5 Å². The van der Waals surface area contributed by atoms with Crippen LogP contribution in [0, 0.1) is 0 Å². The fourth-order valence-electron chi connectivity index (χ4n) is 1.58. The highest BCUT2D eigenvalue weighted by molar-refractivity contribution is 7.92. The van der Waals surface area contributed by atoms with Gasteiger partial charge in [0, 0.05) is 6.04 Å². The second kappa shape index (κ2) is 5.46. The van der Waals surface area contributed by atoms with E-state index in [2.05, 4.69) is 5.32 Å². The highest BCUT2D eigenvalue weighted by Crippen LogP contribution is 2.18. The predicted octanol–water partition coefficient (Wildman–Crippen LogP) is 1.85. The first kappa shape index (κ1) is 13.2. The van der Waals surface area contributed by atoms with Crippen LogP contribution in [-0.4, -0.2) is 26.8 Å². The molecule has 2 unspecified atom stereocenters. The first-order chi connectivity index (χ1) is 7.48. The van der Waals surface area contributed by atoms with E-state index < -0.39 is 9.84 Å². The van der Waals surface area contributed by atoms with Crippen molar-refractivity contribution in [1.82, 2.24) is 5.32 Å². The third-order valence-electron chi connectivity index (χ3n) is 2.78. The Morgan fingerprint density at radius 1 is 1.19 bits per heavy atom. The molecule has 1 aromatic carbocycles. The Morgan fingerprint density at radius 2 is 1.75 bits per heavy atom. The molecule has 0 amide bonds. The van der Waals surface area contributed by atoms with E-state index in [1.807, 2.05) is 20.0 Å². The van der Waals surface area contributed by atoms with Crippen LogP contribution in [0.4, 0.5) is 0 Å². The molecule has 1 N–H and O–H groups in total. The van der Waals surface area contributed by atoms with Gasteiger partial charge >= 0.3 is 0 Å². The standard InChI is InChI=1S/C12H19NO2S/c1-10(13-3)9-11(2)16(14,15)12-7-5-4-6-8-12/h4-8,10-11,13H,9H2,1-3H3. The second-order valence-corrected chi connectivity index (χ2v) is 6.46. The number of hydrogen-bond acceptors (Lipinski definition) is 3. The van der Waals surface area contributed by atoms with Gasteiger partial charge in [-0.1, -0.05) is 18.2 Å². The number of sulfone groups is 1. The Labute approximate surface area is 97.8 Å². The van der Waals surface area contributed by atoms with Crippen LogP contribution in [0.25, 0.3) is 0 Å². The van der Waals surface area contributed by atoms with Crippen LogP contribution < -0.4 is 5.32 Å². The summed E-state index contributed by atoms with van der Waals surface area (Å²) >= 11 is 0. The Balaban J connectivity index is 2.87. The molecule has 0 aliphatic rings. The van der Waals surface area contributed by atoms with Gasteiger partial charge in [0.15, 0.2) is 9.84 Å². The lowest BCUT2D eigenvalue weighted by Crippen LogP contribution is -2.29. The normalized spacial score (nSPS) is 15.7.